The van der Waals surface area contributed by atoms with Crippen molar-refractivity contribution in [2.24, 2.45) is 5.73 Å². The smallest absolute Gasteiger partial charge is 0.336 e. The summed E-state index contributed by atoms with van der Waals surface area (Å²) in [6, 6.07) is 26.7. The van der Waals surface area contributed by atoms with Gasteiger partial charge in [0.1, 0.15) is 35.5 Å². The van der Waals surface area contributed by atoms with Crippen molar-refractivity contribution < 1.29 is 19.0 Å². The molecule has 204 valence electrons. The summed E-state index contributed by atoms with van der Waals surface area (Å²) >= 11 is 18.2. The molecule has 5 rings (SSSR count). The monoisotopic (exact) mass is 602 g/mol. The molecule has 0 saturated heterocycles. The zero-order valence-electron chi connectivity index (χ0n) is 21.3. The van der Waals surface area contributed by atoms with Crippen molar-refractivity contribution in [1.82, 2.24) is 0 Å². The molecule has 1 aliphatic heterocycles. The number of benzene rings is 4. The molecule has 0 aliphatic carbocycles. The van der Waals surface area contributed by atoms with Crippen molar-refractivity contribution in [3.05, 3.63) is 140 Å². The van der Waals surface area contributed by atoms with E-state index in [0.29, 0.717) is 32.1 Å². The van der Waals surface area contributed by atoms with Crippen LogP contribution >= 0.6 is 34.8 Å². The van der Waals surface area contributed by atoms with Gasteiger partial charge in [-0.25, -0.2) is 4.79 Å². The SMILES string of the molecule is N#CC1=C(N)Oc2cc(OC(=O)/C=C/c3ccc(Cl)cc3)ccc2C1c1cccc(OCc2ccc(Cl)cc2Cl)c1. The van der Waals surface area contributed by atoms with Crippen molar-refractivity contribution in [3.8, 4) is 23.3 Å². The van der Waals surface area contributed by atoms with E-state index >= 15 is 0 Å². The van der Waals surface area contributed by atoms with Gasteiger partial charge in [0, 0.05) is 38.3 Å². The number of nitriles is 1. The van der Waals surface area contributed by atoms with Crippen LogP contribution in [-0.2, 0) is 11.4 Å². The van der Waals surface area contributed by atoms with Crippen LogP contribution in [-0.4, -0.2) is 5.97 Å². The highest BCUT2D eigenvalue weighted by Gasteiger charge is 2.31. The molecule has 0 spiro atoms. The lowest BCUT2D eigenvalue weighted by Gasteiger charge is -2.27. The third-order valence-corrected chi connectivity index (χ3v) is 7.13. The molecule has 0 fully saturated rings. The van der Waals surface area contributed by atoms with Gasteiger partial charge in [0.25, 0.3) is 0 Å². The Morgan fingerprint density at radius 2 is 1.73 bits per heavy atom. The van der Waals surface area contributed by atoms with Gasteiger partial charge in [0.05, 0.1) is 5.92 Å². The number of carbonyl (C=O) groups excluding carboxylic acids is 1. The fourth-order valence-corrected chi connectivity index (χ4v) is 4.90. The minimum atomic E-state index is -0.570. The zero-order chi connectivity index (χ0) is 28.9. The zero-order valence-corrected chi connectivity index (χ0v) is 23.6. The van der Waals surface area contributed by atoms with Gasteiger partial charge in [-0.1, -0.05) is 71.2 Å². The normalized spacial score (nSPS) is 14.2. The summed E-state index contributed by atoms with van der Waals surface area (Å²) in [5.41, 5.74) is 9.45. The third-order valence-electron chi connectivity index (χ3n) is 6.29. The first kappa shape index (κ1) is 28.1. The molecule has 0 saturated carbocycles. The Morgan fingerprint density at radius 1 is 0.951 bits per heavy atom. The van der Waals surface area contributed by atoms with Crippen molar-refractivity contribution in [3.63, 3.8) is 0 Å². The van der Waals surface area contributed by atoms with Crippen molar-refractivity contribution in [1.29, 1.82) is 5.26 Å². The van der Waals surface area contributed by atoms with Gasteiger partial charge in [-0.05, 0) is 59.7 Å². The van der Waals surface area contributed by atoms with E-state index in [1.807, 2.05) is 24.3 Å². The van der Waals surface area contributed by atoms with Crippen LogP contribution in [0, 0.1) is 11.3 Å². The molecule has 0 bridgehead atoms. The first-order valence-corrected chi connectivity index (χ1v) is 13.5. The summed E-state index contributed by atoms with van der Waals surface area (Å²) in [7, 11) is 0. The van der Waals surface area contributed by atoms with E-state index in [4.69, 9.17) is 54.7 Å². The Labute approximate surface area is 251 Å². The van der Waals surface area contributed by atoms with Crippen LogP contribution in [0.4, 0.5) is 0 Å². The summed E-state index contributed by atoms with van der Waals surface area (Å²) in [4.78, 5) is 12.4. The number of esters is 1. The third kappa shape index (κ3) is 6.67. The van der Waals surface area contributed by atoms with E-state index in [-0.39, 0.29) is 23.8 Å². The maximum absolute atomic E-state index is 12.4. The second-order valence-electron chi connectivity index (χ2n) is 9.03. The maximum atomic E-state index is 12.4. The van der Waals surface area contributed by atoms with E-state index < -0.39 is 11.9 Å². The van der Waals surface area contributed by atoms with Gasteiger partial charge in [-0.3, -0.25) is 0 Å². The number of allylic oxidation sites excluding steroid dienone is 1. The highest BCUT2D eigenvalue weighted by molar-refractivity contribution is 6.35. The highest BCUT2D eigenvalue weighted by Crippen LogP contribution is 2.44. The fourth-order valence-electron chi connectivity index (χ4n) is 4.31. The predicted octanol–water partition coefficient (Wildman–Crippen LogP) is 8.06. The van der Waals surface area contributed by atoms with E-state index in [9.17, 15) is 10.1 Å². The largest absolute Gasteiger partial charge is 0.489 e. The minimum absolute atomic E-state index is 0.0321. The number of nitrogens with two attached hydrogens (primary N) is 1. The topological polar surface area (TPSA) is 94.6 Å². The molecule has 1 unspecified atom stereocenters. The molecule has 41 heavy (non-hydrogen) atoms. The van der Waals surface area contributed by atoms with Crippen LogP contribution in [0.5, 0.6) is 17.2 Å². The molecule has 1 heterocycles. The number of carbonyl (C=O) groups is 1. The van der Waals surface area contributed by atoms with E-state index in [1.165, 1.54) is 6.08 Å². The molecule has 2 N–H and O–H groups in total. The lowest BCUT2D eigenvalue weighted by molar-refractivity contribution is -0.128. The maximum Gasteiger partial charge on any atom is 0.336 e. The van der Waals surface area contributed by atoms with Gasteiger partial charge >= 0.3 is 5.97 Å². The van der Waals surface area contributed by atoms with Crippen LogP contribution in [0.15, 0.2) is 102 Å². The number of hydrogen-bond acceptors (Lipinski definition) is 6. The summed E-state index contributed by atoms with van der Waals surface area (Å²) < 4.78 is 17.2. The number of nitrogens with zero attached hydrogens (tertiary/aromatic N) is 1. The Hall–Kier alpha value is -4.41. The number of hydrogen-bond donors (Lipinski definition) is 1. The van der Waals surface area contributed by atoms with Crippen molar-refractivity contribution in [2.45, 2.75) is 12.5 Å². The van der Waals surface area contributed by atoms with Crippen LogP contribution < -0.4 is 19.9 Å². The summed E-state index contributed by atoms with van der Waals surface area (Å²) in [6.07, 6.45) is 2.94. The molecular weight excluding hydrogens is 583 g/mol. The van der Waals surface area contributed by atoms with Gasteiger partial charge in [0.15, 0.2) is 0 Å². The van der Waals surface area contributed by atoms with Crippen LogP contribution in [0.2, 0.25) is 15.1 Å². The second kappa shape index (κ2) is 12.4. The quantitative estimate of drug-likeness (QED) is 0.130. The van der Waals surface area contributed by atoms with E-state index in [0.717, 1.165) is 16.7 Å². The van der Waals surface area contributed by atoms with Crippen molar-refractivity contribution in [2.75, 3.05) is 0 Å². The number of ether oxygens (including phenoxy) is 3. The first-order chi connectivity index (χ1) is 19.8. The predicted molar refractivity (Wildman–Crippen MR) is 159 cm³/mol. The number of fused-ring (bicyclic) bond motifs is 1. The second-order valence-corrected chi connectivity index (χ2v) is 10.3. The van der Waals surface area contributed by atoms with E-state index in [1.54, 1.807) is 66.7 Å². The molecule has 1 aliphatic rings. The van der Waals surface area contributed by atoms with Gasteiger partial charge in [-0.15, -0.1) is 0 Å². The molecular formula is C32H21Cl3N2O4. The molecule has 9 heteroatoms. The average Bonchev–Trinajstić information content (AvgIpc) is 2.96. The molecule has 0 radical (unpaired) electrons. The van der Waals surface area contributed by atoms with Gasteiger partial charge < -0.3 is 19.9 Å². The number of halogens is 3. The van der Waals surface area contributed by atoms with Gasteiger partial charge in [0.2, 0.25) is 5.88 Å². The van der Waals surface area contributed by atoms with Gasteiger partial charge in [-0.2, -0.15) is 5.26 Å². The highest BCUT2D eigenvalue weighted by atomic mass is 35.5. The molecule has 1 atom stereocenters. The molecule has 4 aromatic carbocycles. The Morgan fingerprint density at radius 3 is 2.49 bits per heavy atom. The first-order valence-electron chi connectivity index (χ1n) is 12.3. The lowest BCUT2D eigenvalue weighted by atomic mass is 9.83. The Bertz CT molecular complexity index is 1730. The molecule has 6 nitrogen and oxygen atoms in total. The standard InChI is InChI=1S/C32H21Cl3N2O4/c33-22-8-4-19(5-9-22)6-13-30(38)40-25-11-12-26-29(16-25)41-32(37)27(17-36)31(26)20-2-1-3-24(14-20)39-18-21-7-10-23(34)15-28(21)35/h1-16,31H,18,37H2/b13-6+. The Balaban J connectivity index is 1.37. The van der Waals surface area contributed by atoms with Crippen molar-refractivity contribution >= 4 is 46.8 Å². The number of rotatable bonds is 7. The van der Waals surface area contributed by atoms with Crippen LogP contribution in [0.1, 0.15) is 28.2 Å². The Kier molecular flexibility index (Phi) is 8.51. The lowest BCUT2D eigenvalue weighted by Crippen LogP contribution is -2.21. The molecule has 0 amide bonds. The summed E-state index contributed by atoms with van der Waals surface area (Å²) in [6.45, 7) is 0.230. The molecule has 4 aromatic rings. The summed E-state index contributed by atoms with van der Waals surface area (Å²) in [5.74, 6) is 0.0852. The molecule has 0 aromatic heterocycles. The summed E-state index contributed by atoms with van der Waals surface area (Å²) in [5, 5.41) is 11.6. The fraction of sp³-hybridized carbons (Fsp3) is 0.0625. The van der Waals surface area contributed by atoms with Crippen LogP contribution in [0.3, 0.4) is 0 Å². The minimum Gasteiger partial charge on any atom is -0.489 e. The average molecular weight is 604 g/mol. The van der Waals surface area contributed by atoms with Crippen LogP contribution in [0.25, 0.3) is 6.08 Å². The van der Waals surface area contributed by atoms with E-state index in [2.05, 4.69) is 6.07 Å².